The van der Waals surface area contributed by atoms with Crippen molar-refractivity contribution in [3.8, 4) is 0 Å². The lowest BCUT2D eigenvalue weighted by Crippen LogP contribution is -2.37. The van der Waals surface area contributed by atoms with Crippen LogP contribution in [0.25, 0.3) is 0 Å². The molecule has 0 heterocycles. The number of aliphatic hydroxyl groups excluding tert-OH is 6. The Kier molecular flexibility index (Phi) is 17.7. The van der Waals surface area contributed by atoms with Gasteiger partial charge in [-0.1, -0.05) is 6.92 Å². The first-order valence-corrected chi connectivity index (χ1v) is 17.3. The topological polar surface area (TPSA) is 285 Å². The Balaban J connectivity index is 2.25. The van der Waals surface area contributed by atoms with Crippen LogP contribution in [0.4, 0.5) is 21.0 Å². The van der Waals surface area contributed by atoms with Crippen molar-refractivity contribution >= 4 is 41.3 Å². The third-order valence-electron chi connectivity index (χ3n) is 8.89. The molecule has 18 nitrogen and oxygen atoms in total. The Labute approximate surface area is 313 Å². The van der Waals surface area contributed by atoms with Gasteiger partial charge in [0.2, 0.25) is 0 Å². The van der Waals surface area contributed by atoms with Crippen LogP contribution in [0.3, 0.4) is 0 Å². The van der Waals surface area contributed by atoms with Gasteiger partial charge in [-0.3, -0.25) is 25.0 Å². The summed E-state index contributed by atoms with van der Waals surface area (Å²) in [6.45, 7) is 8.37. The molecule has 0 aliphatic carbocycles. The van der Waals surface area contributed by atoms with Crippen LogP contribution >= 0.6 is 0 Å². The SMILES string of the molecule is CCc1c(NC(=O)OCCOC(=O)Nc2c(C)c(C)c(C)c(C(=O)NCC(O)CO)c2C)c(C)c(C(=O)NCC(O)CO)c(C)c1C(=O)NCC(O)CO. The van der Waals surface area contributed by atoms with Crippen LogP contribution < -0.4 is 26.6 Å². The molecule has 0 radical (unpaired) electrons. The molecule has 0 saturated carbocycles. The number of hydrogen-bond donors (Lipinski definition) is 11. The number of anilines is 2. The first kappa shape index (κ1) is 45.3. The fourth-order valence-corrected chi connectivity index (χ4v) is 5.79. The van der Waals surface area contributed by atoms with E-state index in [1.165, 1.54) is 13.8 Å². The Morgan fingerprint density at radius 1 is 0.519 bits per heavy atom. The lowest BCUT2D eigenvalue weighted by atomic mass is 9.88. The summed E-state index contributed by atoms with van der Waals surface area (Å²) in [6, 6.07) is 0. The fourth-order valence-electron chi connectivity index (χ4n) is 5.79. The van der Waals surface area contributed by atoms with Gasteiger partial charge in [-0.2, -0.15) is 0 Å². The van der Waals surface area contributed by atoms with E-state index in [-0.39, 0.29) is 66.2 Å². The lowest BCUT2D eigenvalue weighted by Gasteiger charge is -2.23. The average molecular weight is 764 g/mol. The van der Waals surface area contributed by atoms with Crippen molar-refractivity contribution in [3.63, 3.8) is 0 Å². The van der Waals surface area contributed by atoms with Gasteiger partial charge in [0.15, 0.2) is 0 Å². The number of benzene rings is 2. The zero-order valence-electron chi connectivity index (χ0n) is 31.6. The van der Waals surface area contributed by atoms with Crippen molar-refractivity contribution < 1.29 is 64.1 Å². The second-order valence-corrected chi connectivity index (χ2v) is 12.6. The van der Waals surface area contributed by atoms with E-state index < -0.39 is 74.6 Å². The summed E-state index contributed by atoms with van der Waals surface area (Å²) in [5.41, 5.74) is 4.05. The second kappa shape index (κ2) is 21.1. The number of hydrogen-bond acceptors (Lipinski definition) is 13. The number of carbonyl (C=O) groups is 5. The maximum atomic E-state index is 13.4. The molecule has 2 aromatic carbocycles. The second-order valence-electron chi connectivity index (χ2n) is 12.6. The zero-order valence-corrected chi connectivity index (χ0v) is 31.6. The predicted molar refractivity (Wildman–Crippen MR) is 197 cm³/mol. The van der Waals surface area contributed by atoms with Crippen LogP contribution in [-0.2, 0) is 15.9 Å². The number of nitrogens with one attached hydrogen (secondary N) is 5. The Morgan fingerprint density at radius 3 is 1.30 bits per heavy atom. The molecule has 11 N–H and O–H groups in total. The fraction of sp³-hybridized carbons (Fsp3) is 0.528. The van der Waals surface area contributed by atoms with E-state index in [2.05, 4.69) is 26.6 Å². The number of amides is 5. The van der Waals surface area contributed by atoms with E-state index in [1.54, 1.807) is 34.6 Å². The number of rotatable bonds is 18. The van der Waals surface area contributed by atoms with Gasteiger partial charge < -0.3 is 56.1 Å². The third kappa shape index (κ3) is 11.6. The number of aliphatic hydroxyl groups is 6. The molecule has 0 bridgehead atoms. The van der Waals surface area contributed by atoms with Crippen LogP contribution in [0.1, 0.15) is 76.9 Å². The van der Waals surface area contributed by atoms with Crippen molar-refractivity contribution in [3.05, 3.63) is 55.6 Å². The summed E-state index contributed by atoms with van der Waals surface area (Å²) in [5.74, 6) is -1.91. The molecule has 300 valence electrons. The summed E-state index contributed by atoms with van der Waals surface area (Å²) < 4.78 is 10.5. The van der Waals surface area contributed by atoms with Crippen LogP contribution in [-0.4, -0.2) is 132 Å². The first-order valence-electron chi connectivity index (χ1n) is 17.3. The highest BCUT2D eigenvalue weighted by Gasteiger charge is 2.28. The van der Waals surface area contributed by atoms with E-state index in [1.807, 2.05) is 0 Å². The standard InChI is InChI=1S/C36H53N5O13/c1-8-26-29(34(50)39-13-25(47)16-44)20(5)28(33(49)38-12-24(46)15-43)22(7)31(26)41-36(52)54-10-9-53-35(51)40-30-19(4)17(2)18(3)27(21(30)6)32(48)37-11-23(45)14-42/h23-25,42-47H,8-16H2,1-7H3,(H,37,48)(H,38,49)(H,39,50)(H,40,51)(H,41,52). The van der Waals surface area contributed by atoms with E-state index in [4.69, 9.17) is 19.7 Å². The predicted octanol–water partition coefficient (Wildman–Crippen LogP) is 0.146. The maximum absolute atomic E-state index is 13.4. The molecule has 18 heteroatoms. The van der Waals surface area contributed by atoms with Crippen molar-refractivity contribution in [1.29, 1.82) is 0 Å². The van der Waals surface area contributed by atoms with E-state index in [0.29, 0.717) is 27.9 Å². The van der Waals surface area contributed by atoms with Crippen molar-refractivity contribution in [2.45, 2.75) is 73.2 Å². The molecule has 0 fully saturated rings. The average Bonchev–Trinajstić information content (AvgIpc) is 3.14. The summed E-state index contributed by atoms with van der Waals surface area (Å²) in [5, 5.41) is 69.3. The highest BCUT2D eigenvalue weighted by atomic mass is 16.6. The summed E-state index contributed by atoms with van der Waals surface area (Å²) >= 11 is 0. The van der Waals surface area contributed by atoms with Gasteiger partial charge in [0.1, 0.15) is 13.2 Å². The summed E-state index contributed by atoms with van der Waals surface area (Å²) in [4.78, 5) is 65.4. The van der Waals surface area contributed by atoms with E-state index >= 15 is 0 Å². The Hall–Kier alpha value is -4.85. The van der Waals surface area contributed by atoms with E-state index in [0.717, 1.165) is 5.56 Å². The first-order chi connectivity index (χ1) is 25.4. The van der Waals surface area contributed by atoms with Crippen molar-refractivity contribution in [2.24, 2.45) is 0 Å². The molecule has 0 aliphatic rings. The largest absolute Gasteiger partial charge is 0.446 e. The van der Waals surface area contributed by atoms with Crippen LogP contribution in [0.2, 0.25) is 0 Å². The molecule has 54 heavy (non-hydrogen) atoms. The highest BCUT2D eigenvalue weighted by molar-refractivity contribution is 6.07. The normalized spacial score (nSPS) is 12.6. The van der Waals surface area contributed by atoms with Crippen molar-refractivity contribution in [1.82, 2.24) is 16.0 Å². The smallest absolute Gasteiger partial charge is 0.411 e. The molecule has 3 unspecified atom stereocenters. The van der Waals surface area contributed by atoms with Crippen LogP contribution in [0, 0.1) is 41.5 Å². The monoisotopic (exact) mass is 763 g/mol. The van der Waals surface area contributed by atoms with Gasteiger partial charge in [0.25, 0.3) is 17.7 Å². The Bertz CT molecular complexity index is 1700. The van der Waals surface area contributed by atoms with Gasteiger partial charge in [-0.15, -0.1) is 0 Å². The zero-order chi connectivity index (χ0) is 40.9. The molecule has 0 spiro atoms. The molecule has 5 amide bonds. The van der Waals surface area contributed by atoms with E-state index in [9.17, 15) is 44.4 Å². The van der Waals surface area contributed by atoms with Gasteiger partial charge in [0, 0.05) is 36.3 Å². The quantitative estimate of drug-likeness (QED) is 0.0903. The minimum absolute atomic E-state index is 0.000759. The van der Waals surface area contributed by atoms with Gasteiger partial charge in [-0.05, 0) is 86.9 Å². The molecule has 3 atom stereocenters. The molecular weight excluding hydrogens is 710 g/mol. The molecule has 2 rings (SSSR count). The summed E-state index contributed by atoms with van der Waals surface area (Å²) in [6.07, 6.45) is -5.35. The minimum Gasteiger partial charge on any atom is -0.446 e. The number of ether oxygens (including phenoxy) is 2. The maximum Gasteiger partial charge on any atom is 0.411 e. The van der Waals surface area contributed by atoms with Crippen LogP contribution in [0.15, 0.2) is 0 Å². The summed E-state index contributed by atoms with van der Waals surface area (Å²) in [7, 11) is 0. The molecule has 0 aliphatic heterocycles. The lowest BCUT2D eigenvalue weighted by molar-refractivity contribution is 0.0795. The highest BCUT2D eigenvalue weighted by Crippen LogP contribution is 2.33. The van der Waals surface area contributed by atoms with Crippen molar-refractivity contribution in [2.75, 3.05) is 63.3 Å². The minimum atomic E-state index is -1.25. The van der Waals surface area contributed by atoms with Crippen LogP contribution in [0.5, 0.6) is 0 Å². The molecule has 2 aromatic rings. The molecule has 0 aromatic heterocycles. The Morgan fingerprint density at radius 2 is 0.889 bits per heavy atom. The van der Waals surface area contributed by atoms with Gasteiger partial charge >= 0.3 is 12.2 Å². The molecular formula is C36H53N5O13. The third-order valence-corrected chi connectivity index (χ3v) is 8.89. The van der Waals surface area contributed by atoms with Gasteiger partial charge in [0.05, 0.1) is 49.5 Å². The number of carbonyl (C=O) groups excluding carboxylic acids is 5. The molecule has 0 saturated heterocycles. The van der Waals surface area contributed by atoms with Gasteiger partial charge in [-0.25, -0.2) is 9.59 Å².